The molecule has 0 aliphatic carbocycles. The third kappa shape index (κ3) is 7.09. The zero-order valence-electron chi connectivity index (χ0n) is 21.1. The van der Waals surface area contributed by atoms with Crippen molar-refractivity contribution in [2.75, 3.05) is 23.8 Å². The van der Waals surface area contributed by atoms with Gasteiger partial charge >= 0.3 is 12.2 Å². The molecule has 8 nitrogen and oxygen atoms in total. The number of likely N-dealkylation sites (N-methyl/N-ethyl adjacent to an activating group) is 1. The van der Waals surface area contributed by atoms with Gasteiger partial charge in [-0.25, -0.2) is 9.78 Å². The summed E-state index contributed by atoms with van der Waals surface area (Å²) >= 11 is 13.0. The van der Waals surface area contributed by atoms with Crippen LogP contribution < -0.4 is 20.3 Å². The molecule has 2 aromatic carbocycles. The van der Waals surface area contributed by atoms with Crippen LogP contribution >= 0.6 is 35.6 Å². The van der Waals surface area contributed by atoms with Crippen molar-refractivity contribution in [3.05, 3.63) is 87.8 Å². The van der Waals surface area contributed by atoms with Crippen molar-refractivity contribution in [2.24, 2.45) is 0 Å². The van der Waals surface area contributed by atoms with Crippen LogP contribution in [0.2, 0.25) is 10.0 Å². The zero-order chi connectivity index (χ0) is 28.3. The quantitative estimate of drug-likeness (QED) is 0.240. The number of pyridine rings is 1. The molecular formula is C26H23Cl3F3N5O3. The number of fused-ring (bicyclic) bond motifs is 1. The molecule has 212 valence electrons. The SMILES string of the molecule is Cc1cn2cccc(OCc3c(Cl)ccc(N(C)C(=O)CNC(=O)Nc4ccc(C(F)(F)F)cc4)c3Cl)c2n1.Cl. The van der Waals surface area contributed by atoms with Crippen LogP contribution in [-0.2, 0) is 17.6 Å². The number of anilines is 2. The normalized spacial score (nSPS) is 11.1. The fourth-order valence-corrected chi connectivity index (χ4v) is 4.28. The highest BCUT2D eigenvalue weighted by atomic mass is 35.5. The second kappa shape index (κ2) is 12.7. The highest BCUT2D eigenvalue weighted by molar-refractivity contribution is 6.38. The largest absolute Gasteiger partial charge is 0.485 e. The predicted molar refractivity (Wildman–Crippen MR) is 150 cm³/mol. The maximum atomic E-state index is 12.8. The maximum absolute atomic E-state index is 12.8. The van der Waals surface area contributed by atoms with E-state index in [-0.39, 0.29) is 29.7 Å². The third-order valence-electron chi connectivity index (χ3n) is 5.71. The molecule has 4 aromatic rings. The minimum absolute atomic E-state index is 0. The number of rotatable bonds is 7. The molecule has 0 atom stereocenters. The molecule has 0 saturated heterocycles. The zero-order valence-corrected chi connectivity index (χ0v) is 23.4. The van der Waals surface area contributed by atoms with Crippen molar-refractivity contribution in [2.45, 2.75) is 19.7 Å². The first-order chi connectivity index (χ1) is 18.4. The van der Waals surface area contributed by atoms with Gasteiger partial charge in [-0.05, 0) is 55.5 Å². The summed E-state index contributed by atoms with van der Waals surface area (Å²) in [6.45, 7) is 1.47. The molecule has 2 heterocycles. The molecule has 0 unspecified atom stereocenters. The summed E-state index contributed by atoms with van der Waals surface area (Å²) in [5, 5.41) is 5.28. The Morgan fingerprint density at radius 3 is 2.48 bits per heavy atom. The Labute approximate surface area is 243 Å². The molecule has 0 aliphatic rings. The van der Waals surface area contributed by atoms with Gasteiger partial charge in [0.05, 0.1) is 28.5 Å². The highest BCUT2D eigenvalue weighted by Crippen LogP contribution is 2.35. The lowest BCUT2D eigenvalue weighted by Crippen LogP contribution is -2.40. The summed E-state index contributed by atoms with van der Waals surface area (Å²) in [5.41, 5.74) is 1.53. The van der Waals surface area contributed by atoms with Crippen molar-refractivity contribution in [3.8, 4) is 5.75 Å². The fourth-order valence-electron chi connectivity index (χ4n) is 3.68. The van der Waals surface area contributed by atoms with Gasteiger partial charge < -0.3 is 24.7 Å². The summed E-state index contributed by atoms with van der Waals surface area (Å²) in [4.78, 5) is 30.6. The van der Waals surface area contributed by atoms with Gasteiger partial charge in [-0.15, -0.1) is 12.4 Å². The number of amides is 3. The number of halogens is 6. The molecule has 0 radical (unpaired) electrons. The van der Waals surface area contributed by atoms with Crippen LogP contribution in [0.5, 0.6) is 5.75 Å². The molecule has 0 spiro atoms. The summed E-state index contributed by atoms with van der Waals surface area (Å²) in [5.74, 6) is 0.0158. The van der Waals surface area contributed by atoms with Crippen molar-refractivity contribution in [3.63, 3.8) is 0 Å². The van der Waals surface area contributed by atoms with E-state index in [0.29, 0.717) is 27.7 Å². The number of aryl methyl sites for hydroxylation is 1. The molecule has 2 N–H and O–H groups in total. The molecule has 0 saturated carbocycles. The number of nitrogens with one attached hydrogen (secondary N) is 2. The smallest absolute Gasteiger partial charge is 0.416 e. The molecule has 14 heteroatoms. The Morgan fingerprint density at radius 1 is 1.10 bits per heavy atom. The minimum atomic E-state index is -4.49. The van der Waals surface area contributed by atoms with Crippen LogP contribution in [0.3, 0.4) is 0 Å². The van der Waals surface area contributed by atoms with Crippen LogP contribution in [0.1, 0.15) is 16.8 Å². The van der Waals surface area contributed by atoms with Gasteiger partial charge in [0.15, 0.2) is 11.4 Å². The van der Waals surface area contributed by atoms with Gasteiger partial charge in [-0.3, -0.25) is 4.79 Å². The standard InChI is InChI=1S/C26H22Cl2F3N5O3.ClH/c1-15-13-36-11-3-4-21(24(36)33-15)39-14-18-19(27)9-10-20(23(18)28)35(2)22(37)12-32-25(38)34-17-7-5-16(6-8-17)26(29,30)31;/h3-11,13H,12,14H2,1-2H3,(H2,32,34,38);1H. The Morgan fingerprint density at radius 2 is 1.80 bits per heavy atom. The number of aromatic nitrogens is 2. The number of hydrogen-bond acceptors (Lipinski definition) is 4. The lowest BCUT2D eigenvalue weighted by molar-refractivity contribution is -0.137. The molecule has 3 amide bonds. The topological polar surface area (TPSA) is 88.0 Å². The Bertz CT molecular complexity index is 1530. The molecule has 0 fully saturated rings. The summed E-state index contributed by atoms with van der Waals surface area (Å²) < 4.78 is 45.9. The maximum Gasteiger partial charge on any atom is 0.416 e. The van der Waals surface area contributed by atoms with E-state index in [9.17, 15) is 22.8 Å². The lowest BCUT2D eigenvalue weighted by atomic mass is 10.2. The fraction of sp³-hybridized carbons (Fsp3) is 0.192. The van der Waals surface area contributed by atoms with Crippen molar-refractivity contribution < 1.29 is 27.5 Å². The number of nitrogens with zero attached hydrogens (tertiary/aromatic N) is 3. The third-order valence-corrected chi connectivity index (χ3v) is 6.49. The summed E-state index contributed by atoms with van der Waals surface area (Å²) in [6.07, 6.45) is -0.776. The number of urea groups is 1. The van der Waals surface area contributed by atoms with Gasteiger partial charge in [0.2, 0.25) is 5.91 Å². The molecule has 4 rings (SSSR count). The number of ether oxygens (including phenoxy) is 1. The van der Waals surface area contributed by atoms with Gasteiger partial charge in [-0.2, -0.15) is 13.2 Å². The van der Waals surface area contributed by atoms with E-state index < -0.39 is 30.2 Å². The molecule has 2 aromatic heterocycles. The van der Waals surface area contributed by atoms with Crippen LogP contribution in [0.25, 0.3) is 5.65 Å². The van der Waals surface area contributed by atoms with Gasteiger partial charge in [0.1, 0.15) is 6.61 Å². The van der Waals surface area contributed by atoms with Crippen LogP contribution in [0, 0.1) is 6.92 Å². The first kappa shape index (κ1) is 30.9. The van der Waals surface area contributed by atoms with Crippen LogP contribution in [0.15, 0.2) is 60.9 Å². The minimum Gasteiger partial charge on any atom is -0.485 e. The van der Waals surface area contributed by atoms with Crippen LogP contribution in [-0.4, -0.2) is 34.9 Å². The first-order valence-corrected chi connectivity index (χ1v) is 12.2. The monoisotopic (exact) mass is 615 g/mol. The number of carbonyl (C=O) groups is 2. The van der Waals surface area contributed by atoms with Crippen molar-refractivity contribution in [1.82, 2.24) is 14.7 Å². The van der Waals surface area contributed by atoms with E-state index in [0.717, 1.165) is 30.0 Å². The Balaban J connectivity index is 0.00000441. The number of hydrogen-bond donors (Lipinski definition) is 2. The van der Waals surface area contributed by atoms with Crippen molar-refractivity contribution >= 4 is 64.6 Å². The summed E-state index contributed by atoms with van der Waals surface area (Å²) in [6, 6.07) is 9.87. The van der Waals surface area contributed by atoms with Crippen LogP contribution in [0.4, 0.5) is 29.3 Å². The predicted octanol–water partition coefficient (Wildman–Crippen LogP) is 6.75. The highest BCUT2D eigenvalue weighted by Gasteiger charge is 2.30. The second-order valence-electron chi connectivity index (χ2n) is 8.47. The number of imidazole rings is 1. The average molecular weight is 617 g/mol. The van der Waals surface area contributed by atoms with E-state index in [2.05, 4.69) is 15.6 Å². The average Bonchev–Trinajstić information content (AvgIpc) is 3.27. The van der Waals surface area contributed by atoms with Gasteiger partial charge in [-0.1, -0.05) is 23.2 Å². The lowest BCUT2D eigenvalue weighted by Gasteiger charge is -2.21. The molecular weight excluding hydrogens is 594 g/mol. The van der Waals surface area contributed by atoms with E-state index in [4.69, 9.17) is 27.9 Å². The Hall–Kier alpha value is -3.67. The van der Waals surface area contributed by atoms with E-state index in [1.807, 2.05) is 29.8 Å². The van der Waals surface area contributed by atoms with E-state index in [1.54, 1.807) is 18.2 Å². The number of carbonyl (C=O) groups excluding carboxylic acids is 2. The van der Waals surface area contributed by atoms with Crippen molar-refractivity contribution in [1.29, 1.82) is 0 Å². The van der Waals surface area contributed by atoms with Gasteiger partial charge in [0.25, 0.3) is 0 Å². The first-order valence-electron chi connectivity index (χ1n) is 11.5. The number of benzene rings is 2. The Kier molecular flexibility index (Phi) is 9.78. The molecule has 40 heavy (non-hydrogen) atoms. The second-order valence-corrected chi connectivity index (χ2v) is 9.25. The van der Waals surface area contributed by atoms with E-state index in [1.165, 1.54) is 11.9 Å². The number of alkyl halides is 3. The molecule has 0 bridgehead atoms. The summed E-state index contributed by atoms with van der Waals surface area (Å²) in [7, 11) is 1.48. The molecule has 0 aliphatic heterocycles. The van der Waals surface area contributed by atoms with Gasteiger partial charge in [0, 0.05) is 35.7 Å². The van der Waals surface area contributed by atoms with E-state index >= 15 is 0 Å².